The van der Waals surface area contributed by atoms with Gasteiger partial charge >= 0.3 is 12.2 Å². The summed E-state index contributed by atoms with van der Waals surface area (Å²) in [5.41, 5.74) is 6.06. The van der Waals surface area contributed by atoms with Crippen LogP contribution in [0.4, 0.5) is 15.3 Å². The molecule has 16 heteroatoms. The van der Waals surface area contributed by atoms with Gasteiger partial charge in [0.1, 0.15) is 29.3 Å². The van der Waals surface area contributed by atoms with Gasteiger partial charge in [-0.15, -0.1) is 0 Å². The third-order valence-electron chi connectivity index (χ3n) is 10.1. The number of nitrogens with two attached hydrogens (primary N) is 1. The van der Waals surface area contributed by atoms with Crippen LogP contribution in [0.15, 0.2) is 30.4 Å². The smallest absolute Gasteiger partial charge is 0.410 e. The minimum atomic E-state index is -3.90. The summed E-state index contributed by atoms with van der Waals surface area (Å²) in [5, 5.41) is 4.85. The molecule has 5 aliphatic rings. The van der Waals surface area contributed by atoms with Gasteiger partial charge in [-0.1, -0.05) is 37.1 Å². The number of nitrogens with one attached hydrogen (secondary N) is 3. The first-order valence-corrected chi connectivity index (χ1v) is 19.3. The molecule has 51 heavy (non-hydrogen) atoms. The van der Waals surface area contributed by atoms with Gasteiger partial charge in [-0.25, -0.2) is 18.0 Å². The summed E-state index contributed by atoms with van der Waals surface area (Å²) < 4.78 is 39.0. The minimum absolute atomic E-state index is 0.0794. The van der Waals surface area contributed by atoms with Crippen LogP contribution < -0.4 is 21.1 Å². The molecule has 6 rings (SSSR count). The molecule has 1 aromatic rings. The zero-order valence-electron chi connectivity index (χ0n) is 29.3. The number of sulfonamides is 1. The van der Waals surface area contributed by atoms with Crippen molar-refractivity contribution in [3.8, 4) is 0 Å². The summed E-state index contributed by atoms with van der Waals surface area (Å²) in [7, 11) is -3.90. The van der Waals surface area contributed by atoms with E-state index in [0.717, 1.165) is 24.0 Å². The lowest BCUT2D eigenvalue weighted by molar-refractivity contribution is -0.141. The van der Waals surface area contributed by atoms with Crippen molar-refractivity contribution in [2.24, 2.45) is 5.92 Å². The van der Waals surface area contributed by atoms with Gasteiger partial charge in [-0.2, -0.15) is 0 Å². The molecule has 0 aromatic heterocycles. The van der Waals surface area contributed by atoms with E-state index in [-0.39, 0.29) is 38.9 Å². The van der Waals surface area contributed by atoms with Crippen LogP contribution >= 0.6 is 0 Å². The fourth-order valence-corrected chi connectivity index (χ4v) is 8.46. The van der Waals surface area contributed by atoms with Gasteiger partial charge < -0.3 is 30.7 Å². The number of benzene rings is 1. The monoisotopic (exact) mass is 728 g/mol. The summed E-state index contributed by atoms with van der Waals surface area (Å²) in [5.74, 6) is -2.52. The number of nitrogen functional groups attached to an aromatic ring is 1. The van der Waals surface area contributed by atoms with Crippen LogP contribution in [-0.4, -0.2) is 89.2 Å². The number of alkyl carbamates (subject to hydrolysis) is 1. The Bertz CT molecular complexity index is 1720. The highest BCUT2D eigenvalue weighted by Crippen LogP contribution is 2.46. The van der Waals surface area contributed by atoms with Crippen molar-refractivity contribution in [3.05, 3.63) is 41.5 Å². The highest BCUT2D eigenvalue weighted by atomic mass is 32.2. The van der Waals surface area contributed by atoms with Crippen LogP contribution in [0.25, 0.3) is 0 Å². The standard InChI is InChI=1S/C35H48N6O9S/c1-34(2,3)50-32(45)37-27-13-8-6-4-5-7-11-22-17-35(22,31(44)39-51(47,48)24-14-15-24)38-29(42)28-16-23(19-41(28)30(27)43)49-33(46)40-18-21-10-9-12-26(36)25(21)20-40/h7,9-12,22-24,27-28H,4-6,8,13-20,36H2,1-3H3,(H,37,45)(H,38,42)(H,39,44)/b11-7-/t22-,23-,27+,28+,35-/m1/s1. The van der Waals surface area contributed by atoms with Crippen molar-refractivity contribution >= 4 is 45.6 Å². The zero-order chi connectivity index (χ0) is 36.7. The van der Waals surface area contributed by atoms with Gasteiger partial charge in [-0.3, -0.25) is 24.0 Å². The zero-order valence-corrected chi connectivity index (χ0v) is 30.1. The minimum Gasteiger partial charge on any atom is -0.444 e. The number of nitrogens with zero attached hydrogens (tertiary/aromatic N) is 2. The average molecular weight is 729 g/mol. The third kappa shape index (κ3) is 8.26. The lowest BCUT2D eigenvalue weighted by Crippen LogP contribution is -2.58. The van der Waals surface area contributed by atoms with Crippen molar-refractivity contribution in [2.75, 3.05) is 12.3 Å². The van der Waals surface area contributed by atoms with Gasteiger partial charge in [-0.05, 0) is 76.5 Å². The number of hydrogen-bond donors (Lipinski definition) is 4. The van der Waals surface area contributed by atoms with E-state index in [1.807, 2.05) is 24.3 Å². The van der Waals surface area contributed by atoms with E-state index < -0.39 is 80.4 Å². The Morgan fingerprint density at radius 1 is 1.06 bits per heavy atom. The number of anilines is 1. The fraction of sp³-hybridized carbons (Fsp3) is 0.629. The molecule has 0 spiro atoms. The number of hydrogen-bond acceptors (Lipinski definition) is 10. The molecule has 0 unspecified atom stereocenters. The largest absolute Gasteiger partial charge is 0.444 e. The molecule has 15 nitrogen and oxygen atoms in total. The first-order chi connectivity index (χ1) is 24.1. The quantitative estimate of drug-likeness (QED) is 0.258. The molecular formula is C35H48N6O9S. The first-order valence-electron chi connectivity index (χ1n) is 17.7. The van der Waals surface area contributed by atoms with Crippen LogP contribution in [-0.2, 0) is 47.0 Å². The molecule has 3 aliphatic heterocycles. The Hall–Kier alpha value is -4.34. The van der Waals surface area contributed by atoms with Crippen LogP contribution in [0.2, 0.25) is 0 Å². The Kier molecular flexibility index (Phi) is 10.0. The maximum absolute atomic E-state index is 14.3. The number of amides is 5. The van der Waals surface area contributed by atoms with E-state index in [4.69, 9.17) is 15.2 Å². The van der Waals surface area contributed by atoms with E-state index in [2.05, 4.69) is 15.4 Å². The lowest BCUT2D eigenvalue weighted by Gasteiger charge is -2.30. The summed E-state index contributed by atoms with van der Waals surface area (Å²) >= 11 is 0. The Morgan fingerprint density at radius 3 is 2.53 bits per heavy atom. The van der Waals surface area contributed by atoms with Crippen LogP contribution in [0.3, 0.4) is 0 Å². The molecule has 0 bridgehead atoms. The van der Waals surface area contributed by atoms with Crippen LogP contribution in [0, 0.1) is 5.92 Å². The van der Waals surface area contributed by atoms with E-state index in [0.29, 0.717) is 31.4 Å². The summed E-state index contributed by atoms with van der Waals surface area (Å²) in [6.07, 6.45) is 5.52. The molecule has 278 valence electrons. The van der Waals surface area contributed by atoms with Crippen LogP contribution in [0.1, 0.15) is 89.7 Å². The normalized spacial score (nSPS) is 28.9. The molecule has 1 aromatic carbocycles. The highest BCUT2D eigenvalue weighted by Gasteiger charge is 2.62. The molecule has 5 N–H and O–H groups in total. The van der Waals surface area contributed by atoms with Crippen molar-refractivity contribution in [3.63, 3.8) is 0 Å². The van der Waals surface area contributed by atoms with Crippen molar-refractivity contribution in [1.29, 1.82) is 0 Å². The average Bonchev–Trinajstić information content (AvgIpc) is 3.93. The molecule has 1 saturated heterocycles. The second-order valence-corrected chi connectivity index (χ2v) is 17.3. The summed E-state index contributed by atoms with van der Waals surface area (Å²) in [6.45, 7) is 5.51. The second-order valence-electron chi connectivity index (χ2n) is 15.3. The molecule has 0 radical (unpaired) electrons. The van der Waals surface area contributed by atoms with Gasteiger partial charge in [0, 0.05) is 24.6 Å². The molecular weight excluding hydrogens is 680 g/mol. The molecule has 3 heterocycles. The number of allylic oxidation sites excluding steroid dienone is 1. The molecule has 2 aliphatic carbocycles. The lowest BCUT2D eigenvalue weighted by atomic mass is 10.0. The Morgan fingerprint density at radius 2 is 1.82 bits per heavy atom. The van der Waals surface area contributed by atoms with E-state index in [1.54, 1.807) is 26.8 Å². The number of fused-ring (bicyclic) bond motifs is 3. The van der Waals surface area contributed by atoms with Crippen molar-refractivity contribution in [2.45, 2.75) is 126 Å². The first kappa shape index (κ1) is 36.5. The summed E-state index contributed by atoms with van der Waals surface area (Å²) in [6, 6.07) is 3.22. The van der Waals surface area contributed by atoms with E-state index in [9.17, 15) is 32.4 Å². The Balaban J connectivity index is 1.25. The molecule has 5 amide bonds. The highest BCUT2D eigenvalue weighted by molar-refractivity contribution is 7.91. The van der Waals surface area contributed by atoms with Crippen molar-refractivity contribution < 1.29 is 41.9 Å². The Labute approximate surface area is 298 Å². The number of carbonyl (C=O) groups is 5. The number of ether oxygens (including phenoxy) is 2. The van der Waals surface area contributed by atoms with Gasteiger partial charge in [0.15, 0.2) is 0 Å². The van der Waals surface area contributed by atoms with E-state index in [1.165, 1.54) is 9.80 Å². The third-order valence-corrected chi connectivity index (χ3v) is 11.9. The van der Waals surface area contributed by atoms with Crippen molar-refractivity contribution in [1.82, 2.24) is 25.2 Å². The maximum Gasteiger partial charge on any atom is 0.410 e. The predicted molar refractivity (Wildman–Crippen MR) is 185 cm³/mol. The fourth-order valence-electron chi connectivity index (χ4n) is 7.09. The number of rotatable bonds is 5. The second kappa shape index (κ2) is 14.0. The van der Waals surface area contributed by atoms with Crippen LogP contribution in [0.5, 0.6) is 0 Å². The summed E-state index contributed by atoms with van der Waals surface area (Å²) in [4.78, 5) is 71.2. The molecule has 5 atom stereocenters. The van der Waals surface area contributed by atoms with E-state index >= 15 is 0 Å². The molecule has 2 saturated carbocycles. The SMILES string of the molecule is CC(C)(C)OC(=O)N[C@H]1CCCCC/C=C\[C@@H]2C[C@@]2(C(=O)NS(=O)(=O)C2CC2)NC(=O)[C@@H]2C[C@@H](OC(=O)N3Cc4cccc(N)c4C3)CN2C1=O. The predicted octanol–water partition coefficient (Wildman–Crippen LogP) is 2.59. The molecule has 3 fully saturated rings. The van der Waals surface area contributed by atoms with Gasteiger partial charge in [0.25, 0.3) is 5.91 Å². The van der Waals surface area contributed by atoms with Gasteiger partial charge in [0.05, 0.1) is 18.3 Å². The topological polar surface area (TPSA) is 207 Å². The van der Waals surface area contributed by atoms with Gasteiger partial charge in [0.2, 0.25) is 21.8 Å². The number of carbonyl (C=O) groups excluding carboxylic acids is 5. The maximum atomic E-state index is 14.3.